The number of aliphatic hydroxyl groups excluding tert-OH is 1. The Balaban J connectivity index is 2.17. The number of carbonyl (C=O) groups excluding carboxylic acids is 1. The molecule has 2 aromatic rings. The van der Waals surface area contributed by atoms with E-state index in [2.05, 4.69) is 15.0 Å². The van der Waals surface area contributed by atoms with Gasteiger partial charge in [-0.25, -0.2) is 9.78 Å². The Hall–Kier alpha value is -2.40. The first kappa shape index (κ1) is 13.0. The monoisotopic (exact) mass is 258 g/mol. The fraction of sp³-hybridized carbons (Fsp3) is 0.143. The zero-order valence-electron chi connectivity index (χ0n) is 10.5. The van der Waals surface area contributed by atoms with Crippen molar-refractivity contribution < 1.29 is 14.6 Å². The number of anilines is 2. The van der Waals surface area contributed by atoms with Gasteiger partial charge in [-0.1, -0.05) is 6.07 Å². The first-order valence-corrected chi connectivity index (χ1v) is 5.74. The van der Waals surface area contributed by atoms with Gasteiger partial charge in [0, 0.05) is 17.4 Å². The number of nitrogens with one attached hydrogen (secondary N) is 1. The summed E-state index contributed by atoms with van der Waals surface area (Å²) in [5, 5.41) is 12.3. The summed E-state index contributed by atoms with van der Waals surface area (Å²) >= 11 is 0. The fourth-order valence-electron chi connectivity index (χ4n) is 1.62. The smallest absolute Gasteiger partial charge is 0.337 e. The van der Waals surface area contributed by atoms with Crippen LogP contribution in [0, 0.1) is 0 Å². The average Bonchev–Trinajstić information content (AvgIpc) is 2.48. The maximum Gasteiger partial charge on any atom is 0.337 e. The van der Waals surface area contributed by atoms with Crippen LogP contribution in [-0.4, -0.2) is 23.2 Å². The molecule has 0 radical (unpaired) electrons. The van der Waals surface area contributed by atoms with Crippen molar-refractivity contribution in [2.24, 2.45) is 0 Å². The van der Waals surface area contributed by atoms with Crippen LogP contribution in [0.15, 0.2) is 42.6 Å². The lowest BCUT2D eigenvalue weighted by atomic mass is 10.2. The number of ether oxygens (including phenoxy) is 1. The molecule has 1 aromatic carbocycles. The number of benzene rings is 1. The topological polar surface area (TPSA) is 71.5 Å². The Kier molecular flexibility index (Phi) is 4.10. The largest absolute Gasteiger partial charge is 0.465 e. The molecular formula is C14H14N2O3. The third kappa shape index (κ3) is 3.08. The van der Waals surface area contributed by atoms with Gasteiger partial charge in [0.15, 0.2) is 0 Å². The van der Waals surface area contributed by atoms with Gasteiger partial charge in [-0.15, -0.1) is 0 Å². The van der Waals surface area contributed by atoms with Crippen molar-refractivity contribution in [3.8, 4) is 0 Å². The lowest BCUT2D eigenvalue weighted by molar-refractivity contribution is 0.0601. The number of aliphatic hydroxyl groups is 1. The highest BCUT2D eigenvalue weighted by Gasteiger charge is 2.06. The molecule has 0 bridgehead atoms. The van der Waals surface area contributed by atoms with E-state index in [1.54, 1.807) is 42.6 Å². The summed E-state index contributed by atoms with van der Waals surface area (Å²) < 4.78 is 4.63. The van der Waals surface area contributed by atoms with E-state index in [1.807, 2.05) is 0 Å². The molecule has 5 heteroatoms. The van der Waals surface area contributed by atoms with Gasteiger partial charge in [0.2, 0.25) is 0 Å². The van der Waals surface area contributed by atoms with Crippen LogP contribution in [0.4, 0.5) is 11.5 Å². The van der Waals surface area contributed by atoms with Gasteiger partial charge in [-0.2, -0.15) is 0 Å². The normalized spacial score (nSPS) is 10.0. The number of hydrogen-bond donors (Lipinski definition) is 2. The summed E-state index contributed by atoms with van der Waals surface area (Å²) in [7, 11) is 1.34. The summed E-state index contributed by atoms with van der Waals surface area (Å²) in [5.74, 6) is 0.219. The number of aromatic nitrogens is 1. The predicted molar refractivity (Wildman–Crippen MR) is 71.2 cm³/mol. The Morgan fingerprint density at radius 1 is 1.32 bits per heavy atom. The summed E-state index contributed by atoms with van der Waals surface area (Å²) in [6.45, 7) is -0.0869. The van der Waals surface area contributed by atoms with Crippen LogP contribution >= 0.6 is 0 Å². The summed E-state index contributed by atoms with van der Waals surface area (Å²) in [6, 6.07) is 10.4. The van der Waals surface area contributed by atoms with Gasteiger partial charge < -0.3 is 15.2 Å². The molecule has 0 atom stereocenters. The standard InChI is InChI=1S/C14H14N2O3/c1-19-14(18)10-4-6-12(7-5-10)16-13-11(9-17)3-2-8-15-13/h2-8,17H,9H2,1H3,(H,15,16). The summed E-state index contributed by atoms with van der Waals surface area (Å²) in [5.41, 5.74) is 1.97. The molecule has 0 unspecified atom stereocenters. The second kappa shape index (κ2) is 5.97. The zero-order valence-corrected chi connectivity index (χ0v) is 10.5. The van der Waals surface area contributed by atoms with Crippen LogP contribution in [-0.2, 0) is 11.3 Å². The Morgan fingerprint density at radius 2 is 2.05 bits per heavy atom. The van der Waals surface area contributed by atoms with E-state index in [0.29, 0.717) is 16.9 Å². The summed E-state index contributed by atoms with van der Waals surface area (Å²) in [6.07, 6.45) is 1.64. The number of nitrogens with zero attached hydrogens (tertiary/aromatic N) is 1. The van der Waals surface area contributed by atoms with E-state index in [-0.39, 0.29) is 12.6 Å². The molecule has 0 aliphatic rings. The third-order valence-electron chi connectivity index (χ3n) is 2.63. The molecule has 1 heterocycles. The van der Waals surface area contributed by atoms with Crippen molar-refractivity contribution in [3.63, 3.8) is 0 Å². The lowest BCUT2D eigenvalue weighted by Gasteiger charge is -2.09. The molecule has 0 aliphatic carbocycles. The Labute approximate surface area is 110 Å². The molecule has 98 valence electrons. The number of esters is 1. The van der Waals surface area contributed by atoms with Crippen LogP contribution in [0.25, 0.3) is 0 Å². The van der Waals surface area contributed by atoms with Gasteiger partial charge in [0.05, 0.1) is 19.3 Å². The van der Waals surface area contributed by atoms with Crippen molar-refractivity contribution in [2.75, 3.05) is 12.4 Å². The molecule has 0 saturated carbocycles. The number of hydrogen-bond acceptors (Lipinski definition) is 5. The number of methoxy groups -OCH3 is 1. The van der Waals surface area contributed by atoms with E-state index >= 15 is 0 Å². The molecule has 0 fully saturated rings. The van der Waals surface area contributed by atoms with Gasteiger partial charge in [-0.3, -0.25) is 0 Å². The van der Waals surface area contributed by atoms with E-state index in [0.717, 1.165) is 5.69 Å². The minimum Gasteiger partial charge on any atom is -0.465 e. The minimum absolute atomic E-state index is 0.0869. The van der Waals surface area contributed by atoms with Crippen molar-refractivity contribution in [1.82, 2.24) is 4.98 Å². The summed E-state index contributed by atoms with van der Waals surface area (Å²) in [4.78, 5) is 15.5. The first-order chi connectivity index (χ1) is 9.24. The first-order valence-electron chi connectivity index (χ1n) is 5.74. The van der Waals surface area contributed by atoms with Crippen LogP contribution in [0.3, 0.4) is 0 Å². The number of carbonyl (C=O) groups is 1. The van der Waals surface area contributed by atoms with Crippen LogP contribution < -0.4 is 5.32 Å². The number of pyridine rings is 1. The van der Waals surface area contributed by atoms with Gasteiger partial charge in [0.25, 0.3) is 0 Å². The van der Waals surface area contributed by atoms with Crippen LogP contribution in [0.1, 0.15) is 15.9 Å². The average molecular weight is 258 g/mol. The number of rotatable bonds is 4. The van der Waals surface area contributed by atoms with Gasteiger partial charge in [0.1, 0.15) is 5.82 Å². The molecule has 0 saturated heterocycles. The van der Waals surface area contributed by atoms with Crippen LogP contribution in [0.5, 0.6) is 0 Å². The van der Waals surface area contributed by atoms with E-state index < -0.39 is 0 Å². The maximum atomic E-state index is 11.3. The van der Waals surface area contributed by atoms with Crippen molar-refractivity contribution >= 4 is 17.5 Å². The second-order valence-electron chi connectivity index (χ2n) is 3.86. The SMILES string of the molecule is COC(=O)c1ccc(Nc2ncccc2CO)cc1. The molecule has 0 aliphatic heterocycles. The molecular weight excluding hydrogens is 244 g/mol. The lowest BCUT2D eigenvalue weighted by Crippen LogP contribution is -2.02. The highest BCUT2D eigenvalue weighted by molar-refractivity contribution is 5.89. The molecule has 2 N–H and O–H groups in total. The van der Waals surface area contributed by atoms with Crippen molar-refractivity contribution in [3.05, 3.63) is 53.7 Å². The van der Waals surface area contributed by atoms with Gasteiger partial charge >= 0.3 is 5.97 Å². The highest BCUT2D eigenvalue weighted by atomic mass is 16.5. The quantitative estimate of drug-likeness (QED) is 0.822. The molecule has 0 spiro atoms. The van der Waals surface area contributed by atoms with Crippen molar-refractivity contribution in [2.45, 2.75) is 6.61 Å². The molecule has 0 amide bonds. The molecule has 1 aromatic heterocycles. The molecule has 19 heavy (non-hydrogen) atoms. The highest BCUT2D eigenvalue weighted by Crippen LogP contribution is 2.19. The zero-order chi connectivity index (χ0) is 13.7. The second-order valence-corrected chi connectivity index (χ2v) is 3.86. The Morgan fingerprint density at radius 3 is 2.68 bits per heavy atom. The fourth-order valence-corrected chi connectivity index (χ4v) is 1.62. The predicted octanol–water partition coefficient (Wildman–Crippen LogP) is 2.10. The van der Waals surface area contributed by atoms with Crippen molar-refractivity contribution in [1.29, 1.82) is 0 Å². The molecule has 2 rings (SSSR count). The van der Waals surface area contributed by atoms with E-state index in [4.69, 9.17) is 0 Å². The maximum absolute atomic E-state index is 11.3. The third-order valence-corrected chi connectivity index (χ3v) is 2.63. The van der Waals surface area contributed by atoms with E-state index in [9.17, 15) is 9.90 Å². The molecule has 5 nitrogen and oxygen atoms in total. The van der Waals surface area contributed by atoms with Crippen LogP contribution in [0.2, 0.25) is 0 Å². The van der Waals surface area contributed by atoms with Gasteiger partial charge in [-0.05, 0) is 30.3 Å². The Bertz CT molecular complexity index is 567. The van der Waals surface area contributed by atoms with E-state index in [1.165, 1.54) is 7.11 Å². The minimum atomic E-state index is -0.375.